The van der Waals surface area contributed by atoms with Gasteiger partial charge in [0.25, 0.3) is 11.8 Å². The van der Waals surface area contributed by atoms with E-state index in [0.717, 1.165) is 22.8 Å². The fourth-order valence-corrected chi connectivity index (χ4v) is 6.10. The van der Waals surface area contributed by atoms with Crippen LogP contribution in [-0.4, -0.2) is 71.6 Å². The molecule has 15 heteroatoms. The van der Waals surface area contributed by atoms with Crippen molar-refractivity contribution >= 4 is 69.8 Å². The summed E-state index contributed by atoms with van der Waals surface area (Å²) in [4.78, 5) is 52.8. The van der Waals surface area contributed by atoms with Crippen LogP contribution >= 0.6 is 35.1 Å². The lowest BCUT2D eigenvalue weighted by atomic mass is 10.0. The van der Waals surface area contributed by atoms with Gasteiger partial charge in [0.05, 0.1) is 0 Å². The quantitative estimate of drug-likeness (QED) is 0.237. The van der Waals surface area contributed by atoms with Crippen molar-refractivity contribution in [3.63, 3.8) is 0 Å². The summed E-state index contributed by atoms with van der Waals surface area (Å²) >= 11 is 3.47. The van der Waals surface area contributed by atoms with E-state index in [9.17, 15) is 19.5 Å². The molecule has 0 spiro atoms. The van der Waals surface area contributed by atoms with Gasteiger partial charge in [0.15, 0.2) is 5.13 Å². The molecule has 1 unspecified atom stereocenters. The summed E-state index contributed by atoms with van der Waals surface area (Å²) in [6.45, 7) is 3.78. The van der Waals surface area contributed by atoms with E-state index in [1.807, 2.05) is 25.1 Å². The number of hydrogen-bond donors (Lipinski definition) is 3. The largest absolute Gasteiger partial charge is 0.477 e. The Morgan fingerprint density at radius 3 is 2.89 bits per heavy atom. The zero-order valence-corrected chi connectivity index (χ0v) is 21.5. The SMILES string of the molecule is CCON=C(C(=O)NC1C(=O)N2C(C(=O)O)=C(S/C=C\c3ccc(C)nc3)CS[C@H]12)c1nsc(N)n1. The minimum atomic E-state index is -1.22. The molecule has 1 saturated heterocycles. The van der Waals surface area contributed by atoms with E-state index in [-0.39, 0.29) is 29.0 Å². The van der Waals surface area contributed by atoms with E-state index in [1.54, 1.807) is 18.5 Å². The standard InChI is InChI=1S/C21H21N7O5S3/c1-3-33-26-13(16-25-21(22)36-27-16)17(29)24-14-18(30)28-15(20(31)32)12(9-35-19(14)28)34-7-6-11-5-4-10(2)23-8-11/h4-8,14,19H,3,9H2,1-2H3,(H,24,29)(H,31,32)(H2,22,25,27)/b7-6-,26-13?/t14?,19-/m1/s1. The van der Waals surface area contributed by atoms with Crippen LogP contribution in [0.1, 0.15) is 24.0 Å². The van der Waals surface area contributed by atoms with Crippen molar-refractivity contribution in [3.05, 3.63) is 51.4 Å². The Morgan fingerprint density at radius 2 is 2.25 bits per heavy atom. The number of nitrogens with two attached hydrogens (primary N) is 1. The van der Waals surface area contributed by atoms with Gasteiger partial charge < -0.3 is 21.0 Å². The van der Waals surface area contributed by atoms with Crippen molar-refractivity contribution in [1.29, 1.82) is 0 Å². The molecular formula is C21H21N7O5S3. The average molecular weight is 548 g/mol. The minimum Gasteiger partial charge on any atom is -0.477 e. The predicted octanol–water partition coefficient (Wildman–Crippen LogP) is 1.66. The second-order valence-corrected chi connectivity index (χ2v) is 10.3. The molecule has 4 heterocycles. The Bertz CT molecular complexity index is 1270. The Morgan fingerprint density at radius 1 is 1.44 bits per heavy atom. The number of fused-ring (bicyclic) bond motifs is 1. The number of nitrogens with zero attached hydrogens (tertiary/aromatic N) is 5. The highest BCUT2D eigenvalue weighted by Gasteiger charge is 2.54. The van der Waals surface area contributed by atoms with Crippen molar-refractivity contribution in [3.8, 4) is 0 Å². The molecule has 4 N–H and O–H groups in total. The van der Waals surface area contributed by atoms with Crippen LogP contribution in [0.25, 0.3) is 6.08 Å². The zero-order valence-electron chi connectivity index (χ0n) is 19.1. The molecule has 4 rings (SSSR count). The Kier molecular flexibility index (Phi) is 7.91. The number of nitrogen functional groups attached to an aromatic ring is 1. The lowest BCUT2D eigenvalue weighted by Crippen LogP contribution is -2.71. The van der Waals surface area contributed by atoms with Crippen LogP contribution in [0, 0.1) is 6.92 Å². The van der Waals surface area contributed by atoms with E-state index in [0.29, 0.717) is 10.7 Å². The van der Waals surface area contributed by atoms with E-state index >= 15 is 0 Å². The Hall–Kier alpha value is -3.43. The first-order valence-electron chi connectivity index (χ1n) is 10.6. The number of pyridine rings is 1. The lowest BCUT2D eigenvalue weighted by molar-refractivity contribution is -0.150. The fraction of sp³-hybridized carbons (Fsp3) is 0.286. The predicted molar refractivity (Wildman–Crippen MR) is 138 cm³/mol. The van der Waals surface area contributed by atoms with Crippen LogP contribution in [0.5, 0.6) is 0 Å². The van der Waals surface area contributed by atoms with Gasteiger partial charge in [0, 0.05) is 34.1 Å². The topological polar surface area (TPSA) is 173 Å². The molecule has 2 amide bonds. The highest BCUT2D eigenvalue weighted by molar-refractivity contribution is 8.08. The van der Waals surface area contributed by atoms with Crippen LogP contribution < -0.4 is 11.1 Å². The summed E-state index contributed by atoms with van der Waals surface area (Å²) < 4.78 is 3.98. The molecule has 0 bridgehead atoms. The number of carbonyl (C=O) groups is 3. The monoisotopic (exact) mass is 547 g/mol. The number of thioether (sulfide) groups is 2. The average Bonchev–Trinajstić information content (AvgIpc) is 3.29. The number of nitrogens with one attached hydrogen (secondary N) is 1. The zero-order chi connectivity index (χ0) is 25.8. The molecule has 0 aromatic carbocycles. The smallest absolute Gasteiger partial charge is 0.353 e. The summed E-state index contributed by atoms with van der Waals surface area (Å²) in [5.41, 5.74) is 7.05. The van der Waals surface area contributed by atoms with Gasteiger partial charge in [-0.1, -0.05) is 23.0 Å². The molecule has 0 radical (unpaired) electrons. The maximum atomic E-state index is 12.9. The number of anilines is 1. The van der Waals surface area contributed by atoms with Crippen molar-refractivity contribution < 1.29 is 24.3 Å². The van der Waals surface area contributed by atoms with Gasteiger partial charge in [0.2, 0.25) is 11.5 Å². The Labute approximate surface area is 218 Å². The molecular weight excluding hydrogens is 526 g/mol. The summed E-state index contributed by atoms with van der Waals surface area (Å²) in [7, 11) is 0. The maximum Gasteiger partial charge on any atom is 0.353 e. The molecule has 12 nitrogen and oxygen atoms in total. The molecule has 36 heavy (non-hydrogen) atoms. The number of carboxylic acid groups (broad SMARTS) is 1. The number of β-lactam (4-membered cyclic amide) rings is 1. The summed E-state index contributed by atoms with van der Waals surface area (Å²) in [5, 5.41) is 17.5. The number of aryl methyl sites for hydroxylation is 1. The number of rotatable bonds is 9. The van der Waals surface area contributed by atoms with E-state index in [2.05, 4.69) is 24.8 Å². The third-order valence-corrected chi connectivity index (χ3v) is 7.88. The maximum absolute atomic E-state index is 12.9. The first-order chi connectivity index (χ1) is 17.3. The van der Waals surface area contributed by atoms with Gasteiger partial charge in [-0.25, -0.2) is 4.79 Å². The number of carbonyl (C=O) groups excluding carboxylic acids is 2. The van der Waals surface area contributed by atoms with Crippen LogP contribution in [0.3, 0.4) is 0 Å². The van der Waals surface area contributed by atoms with Gasteiger partial charge in [-0.2, -0.15) is 9.36 Å². The van der Waals surface area contributed by atoms with Crippen LogP contribution in [0.2, 0.25) is 0 Å². The first kappa shape index (κ1) is 25.7. The second-order valence-electron chi connectivity index (χ2n) is 7.41. The van der Waals surface area contributed by atoms with Gasteiger partial charge >= 0.3 is 5.97 Å². The molecule has 2 aliphatic rings. The van der Waals surface area contributed by atoms with Gasteiger partial charge in [-0.3, -0.25) is 19.5 Å². The van der Waals surface area contributed by atoms with Gasteiger partial charge in [-0.05, 0) is 37.0 Å². The normalized spacial score (nSPS) is 19.8. The van der Waals surface area contributed by atoms with E-state index < -0.39 is 29.2 Å². The molecule has 2 aromatic rings. The lowest BCUT2D eigenvalue weighted by Gasteiger charge is -2.49. The molecule has 2 aliphatic heterocycles. The summed E-state index contributed by atoms with van der Waals surface area (Å²) in [5.74, 6) is -2.15. The van der Waals surface area contributed by atoms with Crippen LogP contribution in [0.15, 0.2) is 39.5 Å². The number of oxime groups is 1. The molecule has 2 aromatic heterocycles. The Balaban J connectivity index is 1.48. The second kappa shape index (κ2) is 11.1. The highest BCUT2D eigenvalue weighted by Crippen LogP contribution is 2.43. The molecule has 0 aliphatic carbocycles. The number of aliphatic carboxylic acids is 1. The number of carboxylic acids is 1. The van der Waals surface area contributed by atoms with E-state index in [1.165, 1.54) is 28.4 Å². The number of hydrogen-bond acceptors (Lipinski definition) is 12. The van der Waals surface area contributed by atoms with Crippen molar-refractivity contribution in [2.24, 2.45) is 5.16 Å². The third-order valence-electron chi connectivity index (χ3n) is 4.98. The van der Waals surface area contributed by atoms with Crippen LogP contribution in [-0.2, 0) is 19.2 Å². The van der Waals surface area contributed by atoms with Crippen molar-refractivity contribution in [2.45, 2.75) is 25.3 Å². The minimum absolute atomic E-state index is 0.0243. The van der Waals surface area contributed by atoms with Crippen LogP contribution in [0.4, 0.5) is 5.13 Å². The van der Waals surface area contributed by atoms with Crippen molar-refractivity contribution in [2.75, 3.05) is 18.1 Å². The molecule has 2 atom stereocenters. The van der Waals surface area contributed by atoms with E-state index in [4.69, 9.17) is 10.6 Å². The first-order valence-corrected chi connectivity index (χ1v) is 13.3. The number of aromatic nitrogens is 3. The molecule has 0 saturated carbocycles. The summed E-state index contributed by atoms with van der Waals surface area (Å²) in [6, 6.07) is 2.84. The third kappa shape index (κ3) is 5.37. The summed E-state index contributed by atoms with van der Waals surface area (Å²) in [6.07, 6.45) is 3.54. The number of amides is 2. The van der Waals surface area contributed by atoms with Gasteiger partial charge in [0.1, 0.15) is 23.7 Å². The molecule has 1 fully saturated rings. The fourth-order valence-electron chi connectivity index (χ4n) is 3.31. The highest BCUT2D eigenvalue weighted by atomic mass is 32.2. The van der Waals surface area contributed by atoms with Crippen molar-refractivity contribution in [1.82, 2.24) is 24.6 Å². The molecule has 188 valence electrons. The van der Waals surface area contributed by atoms with Gasteiger partial charge in [-0.15, -0.1) is 11.8 Å².